The Kier molecular flexibility index (Phi) is 6.36. The minimum Gasteiger partial charge on any atom is -0.477 e. The molecule has 2 rings (SSSR count). The summed E-state index contributed by atoms with van der Waals surface area (Å²) in [5.74, 6) is 0.120. The minimum atomic E-state index is -1.15. The van der Waals surface area contributed by atoms with Crippen molar-refractivity contribution in [1.29, 1.82) is 0 Å². The molecule has 0 spiro atoms. The van der Waals surface area contributed by atoms with Gasteiger partial charge in [-0.15, -0.1) is 23.5 Å². The lowest BCUT2D eigenvalue weighted by Crippen LogP contribution is -2.13. The second-order valence-corrected chi connectivity index (χ2v) is 7.67. The quantitative estimate of drug-likeness (QED) is 0.499. The molecule has 6 heteroatoms. The van der Waals surface area contributed by atoms with Crippen molar-refractivity contribution in [2.75, 3.05) is 30.5 Å². The second kappa shape index (κ2) is 8.26. The van der Waals surface area contributed by atoms with E-state index in [1.165, 1.54) is 29.6 Å². The van der Waals surface area contributed by atoms with E-state index in [1.54, 1.807) is 6.08 Å². The Labute approximate surface area is 144 Å². The van der Waals surface area contributed by atoms with Gasteiger partial charge in [0.05, 0.1) is 4.24 Å². The van der Waals surface area contributed by atoms with E-state index in [1.807, 2.05) is 43.3 Å². The van der Waals surface area contributed by atoms with Crippen LogP contribution in [0.4, 0.5) is 5.69 Å². The molecule has 4 nitrogen and oxygen atoms in total. The molecule has 1 aliphatic heterocycles. The molecule has 1 saturated heterocycles. The Morgan fingerprint density at radius 3 is 2.26 bits per heavy atom. The van der Waals surface area contributed by atoms with Crippen molar-refractivity contribution in [3.8, 4) is 0 Å². The number of ketones is 1. The van der Waals surface area contributed by atoms with Crippen LogP contribution in [0, 0.1) is 0 Å². The van der Waals surface area contributed by atoms with Gasteiger partial charge in [-0.3, -0.25) is 4.79 Å². The number of carboxylic acids is 1. The maximum absolute atomic E-state index is 12.3. The van der Waals surface area contributed by atoms with E-state index in [-0.39, 0.29) is 5.57 Å². The number of carbonyl (C=O) groups excluding carboxylic acids is 1. The van der Waals surface area contributed by atoms with Gasteiger partial charge in [0.2, 0.25) is 0 Å². The molecule has 1 aliphatic rings. The van der Waals surface area contributed by atoms with Crippen LogP contribution in [0.5, 0.6) is 0 Å². The van der Waals surface area contributed by atoms with Crippen molar-refractivity contribution in [2.45, 2.75) is 6.42 Å². The third-order valence-electron chi connectivity index (χ3n) is 3.26. The van der Waals surface area contributed by atoms with E-state index < -0.39 is 11.8 Å². The first-order valence-corrected chi connectivity index (χ1v) is 9.19. The number of hydrogen-bond acceptors (Lipinski definition) is 5. The van der Waals surface area contributed by atoms with Crippen molar-refractivity contribution in [3.63, 3.8) is 0 Å². The van der Waals surface area contributed by atoms with Gasteiger partial charge in [-0.1, -0.05) is 18.2 Å². The van der Waals surface area contributed by atoms with E-state index in [0.717, 1.165) is 29.2 Å². The lowest BCUT2D eigenvalue weighted by molar-refractivity contribution is -0.134. The van der Waals surface area contributed by atoms with E-state index in [4.69, 9.17) is 0 Å². The minimum absolute atomic E-state index is 0.110. The van der Waals surface area contributed by atoms with Gasteiger partial charge < -0.3 is 10.0 Å². The molecule has 1 aromatic rings. The number of benzene rings is 1. The van der Waals surface area contributed by atoms with Crippen LogP contribution < -0.4 is 4.90 Å². The number of carbonyl (C=O) groups is 2. The summed E-state index contributed by atoms with van der Waals surface area (Å²) in [5.41, 5.74) is 1.82. The lowest BCUT2D eigenvalue weighted by Gasteiger charge is -2.14. The van der Waals surface area contributed by atoms with Crippen molar-refractivity contribution in [2.24, 2.45) is 0 Å². The molecule has 1 heterocycles. The molecule has 23 heavy (non-hydrogen) atoms. The molecule has 1 N–H and O–H groups in total. The predicted octanol–water partition coefficient (Wildman–Crippen LogP) is 3.50. The number of thioether (sulfide) groups is 2. The van der Waals surface area contributed by atoms with Gasteiger partial charge in [0.15, 0.2) is 5.78 Å². The van der Waals surface area contributed by atoms with Crippen molar-refractivity contribution >= 4 is 47.0 Å². The topological polar surface area (TPSA) is 57.6 Å². The number of hydrogen-bond donors (Lipinski definition) is 1. The largest absolute Gasteiger partial charge is 0.477 e. The van der Waals surface area contributed by atoms with E-state index >= 15 is 0 Å². The Balaban J connectivity index is 2.16. The molecule has 0 unspecified atom stereocenters. The summed E-state index contributed by atoms with van der Waals surface area (Å²) in [6.45, 7) is 0. The highest BCUT2D eigenvalue weighted by Gasteiger charge is 2.23. The van der Waals surface area contributed by atoms with Crippen LogP contribution in [-0.4, -0.2) is 42.5 Å². The first kappa shape index (κ1) is 17.7. The second-order valence-electron chi connectivity index (χ2n) is 5.20. The highest BCUT2D eigenvalue weighted by Crippen LogP contribution is 2.37. The fourth-order valence-corrected chi connectivity index (χ4v) is 4.64. The molecular weight excluding hydrogens is 330 g/mol. The molecular formula is C17H19NO3S2. The van der Waals surface area contributed by atoms with Crippen LogP contribution in [0.1, 0.15) is 12.0 Å². The predicted molar refractivity (Wildman–Crippen MR) is 99.0 cm³/mol. The number of aliphatic carboxylic acids is 1. The van der Waals surface area contributed by atoms with Crippen molar-refractivity contribution in [1.82, 2.24) is 0 Å². The summed E-state index contributed by atoms with van der Waals surface area (Å²) < 4.78 is 0.626. The number of carboxylic acid groups (broad SMARTS) is 1. The highest BCUT2D eigenvalue weighted by atomic mass is 32.2. The average molecular weight is 349 g/mol. The molecule has 1 aromatic carbocycles. The number of rotatable bonds is 5. The maximum atomic E-state index is 12.3. The van der Waals surface area contributed by atoms with Gasteiger partial charge in [-0.05, 0) is 41.7 Å². The maximum Gasteiger partial charge on any atom is 0.341 e. The van der Waals surface area contributed by atoms with Crippen molar-refractivity contribution in [3.05, 3.63) is 45.7 Å². The molecule has 122 valence electrons. The summed E-state index contributed by atoms with van der Waals surface area (Å²) in [6, 6.07) is 7.70. The molecule has 0 aliphatic carbocycles. The van der Waals surface area contributed by atoms with Crippen LogP contribution in [-0.2, 0) is 9.59 Å². The summed E-state index contributed by atoms with van der Waals surface area (Å²) in [5, 5.41) is 9.35. The van der Waals surface area contributed by atoms with Gasteiger partial charge in [0.25, 0.3) is 0 Å². The lowest BCUT2D eigenvalue weighted by atomic mass is 10.1. The third-order valence-corrected chi connectivity index (χ3v) is 5.88. The fraction of sp³-hybridized carbons (Fsp3) is 0.294. The standard InChI is InChI=1S/C17H19NO3S2/c1-18(2)13-7-4-12(5-8-13)6-9-14(19)15(16(20)21)17-22-10-3-11-23-17/h4-9H,3,10-11H2,1-2H3,(H,20,21)/b9-6+. The normalized spacial score (nSPS) is 14.8. The number of anilines is 1. The summed E-state index contributed by atoms with van der Waals surface area (Å²) >= 11 is 2.91. The van der Waals surface area contributed by atoms with Gasteiger partial charge >= 0.3 is 5.97 Å². The third kappa shape index (κ3) is 4.91. The fourth-order valence-electron chi connectivity index (χ4n) is 2.01. The average Bonchev–Trinajstić information content (AvgIpc) is 2.54. The van der Waals surface area contributed by atoms with Gasteiger partial charge in [-0.25, -0.2) is 4.79 Å². The smallest absolute Gasteiger partial charge is 0.341 e. The zero-order valence-electron chi connectivity index (χ0n) is 13.1. The van der Waals surface area contributed by atoms with Crippen LogP contribution in [0.25, 0.3) is 6.08 Å². The van der Waals surface area contributed by atoms with E-state index in [2.05, 4.69) is 0 Å². The first-order chi connectivity index (χ1) is 11.0. The summed E-state index contributed by atoms with van der Waals surface area (Å²) in [6.07, 6.45) is 4.04. The van der Waals surface area contributed by atoms with Crippen LogP contribution >= 0.6 is 23.5 Å². The summed E-state index contributed by atoms with van der Waals surface area (Å²) in [4.78, 5) is 25.7. The van der Waals surface area contributed by atoms with E-state index in [0.29, 0.717) is 4.24 Å². The van der Waals surface area contributed by atoms with Gasteiger partial charge in [0.1, 0.15) is 5.57 Å². The first-order valence-electron chi connectivity index (χ1n) is 7.22. The summed E-state index contributed by atoms with van der Waals surface area (Å²) in [7, 11) is 3.92. The molecule has 0 aromatic heterocycles. The monoisotopic (exact) mass is 349 g/mol. The van der Waals surface area contributed by atoms with Gasteiger partial charge in [-0.2, -0.15) is 0 Å². The molecule has 0 radical (unpaired) electrons. The number of nitrogens with zero attached hydrogens (tertiary/aromatic N) is 1. The van der Waals surface area contributed by atoms with Gasteiger partial charge in [0, 0.05) is 19.8 Å². The zero-order valence-corrected chi connectivity index (χ0v) is 14.7. The van der Waals surface area contributed by atoms with Crippen LogP contribution in [0.3, 0.4) is 0 Å². The zero-order chi connectivity index (χ0) is 16.8. The molecule has 0 atom stereocenters. The Hall–Kier alpha value is -1.66. The highest BCUT2D eigenvalue weighted by molar-refractivity contribution is 8.22. The Bertz CT molecular complexity index is 640. The van der Waals surface area contributed by atoms with Crippen molar-refractivity contribution < 1.29 is 14.7 Å². The molecule has 0 bridgehead atoms. The van der Waals surface area contributed by atoms with Crippen LogP contribution in [0.15, 0.2) is 40.2 Å². The SMILES string of the molecule is CN(C)c1ccc(/C=C/C(=O)C(C(=O)O)=C2SCCCS2)cc1. The Morgan fingerprint density at radius 1 is 1.13 bits per heavy atom. The van der Waals surface area contributed by atoms with E-state index in [9.17, 15) is 14.7 Å². The Morgan fingerprint density at radius 2 is 1.74 bits per heavy atom. The molecule has 1 fully saturated rings. The molecule has 0 amide bonds. The number of allylic oxidation sites excluding steroid dienone is 1. The van der Waals surface area contributed by atoms with Crippen LogP contribution in [0.2, 0.25) is 0 Å². The molecule has 0 saturated carbocycles.